The number of aromatic nitrogens is 2. The van der Waals surface area contributed by atoms with Gasteiger partial charge in [-0.2, -0.15) is 0 Å². The molecule has 1 N–H and O–H groups in total. The number of nitrogens with one attached hydrogen (secondary N) is 1. The van der Waals surface area contributed by atoms with Gasteiger partial charge in [0.2, 0.25) is 5.91 Å². The highest BCUT2D eigenvalue weighted by Crippen LogP contribution is 2.39. The van der Waals surface area contributed by atoms with Crippen LogP contribution in [0.25, 0.3) is 10.2 Å². The molecule has 1 aliphatic heterocycles. The summed E-state index contributed by atoms with van der Waals surface area (Å²) in [4.78, 5) is 28.3. The predicted molar refractivity (Wildman–Crippen MR) is 104 cm³/mol. The van der Waals surface area contributed by atoms with Crippen molar-refractivity contribution < 1.29 is 4.79 Å². The first-order valence-corrected chi connectivity index (χ1v) is 11.5. The molecule has 1 aliphatic rings. The minimum Gasteiger partial charge on any atom is -0.354 e. The van der Waals surface area contributed by atoms with E-state index in [4.69, 9.17) is 0 Å². The molecule has 3 heterocycles. The van der Waals surface area contributed by atoms with E-state index in [2.05, 4.69) is 10.3 Å². The van der Waals surface area contributed by atoms with E-state index in [-0.39, 0.29) is 11.5 Å². The largest absolute Gasteiger partial charge is 0.354 e. The maximum Gasteiger partial charge on any atom is 0.271 e. The van der Waals surface area contributed by atoms with Crippen molar-refractivity contribution >= 4 is 49.0 Å². The van der Waals surface area contributed by atoms with Crippen LogP contribution in [0.1, 0.15) is 32.1 Å². The van der Waals surface area contributed by atoms with E-state index >= 15 is 0 Å². The fourth-order valence-electron chi connectivity index (χ4n) is 2.66. The highest BCUT2D eigenvalue weighted by atomic mass is 33.1. The van der Waals surface area contributed by atoms with E-state index < -0.39 is 0 Å². The summed E-state index contributed by atoms with van der Waals surface area (Å²) in [6.07, 6.45) is 6.70. The highest BCUT2D eigenvalue weighted by Gasteiger charge is 2.15. The Balaban J connectivity index is 1.35. The quantitative estimate of drug-likeness (QED) is 0.560. The van der Waals surface area contributed by atoms with Crippen molar-refractivity contribution in [2.75, 3.05) is 12.3 Å². The summed E-state index contributed by atoms with van der Waals surface area (Å²) in [6, 6.07) is 1.84. The monoisotopic (exact) mass is 383 g/mol. The number of unbranched alkanes of at least 4 members (excludes halogenated alkanes) is 1. The van der Waals surface area contributed by atoms with Crippen LogP contribution >= 0.6 is 32.9 Å². The molecule has 1 fully saturated rings. The lowest BCUT2D eigenvalue weighted by Gasteiger charge is -2.08. The van der Waals surface area contributed by atoms with Crippen LogP contribution in [0.2, 0.25) is 0 Å². The smallest absolute Gasteiger partial charge is 0.271 e. The molecule has 8 heteroatoms. The third kappa shape index (κ3) is 4.77. The van der Waals surface area contributed by atoms with E-state index in [1.54, 1.807) is 10.9 Å². The van der Waals surface area contributed by atoms with Crippen LogP contribution in [-0.2, 0) is 11.3 Å². The van der Waals surface area contributed by atoms with Gasteiger partial charge in [0.25, 0.3) is 5.56 Å². The first-order valence-electron chi connectivity index (χ1n) is 8.21. The van der Waals surface area contributed by atoms with Gasteiger partial charge in [-0.05, 0) is 30.7 Å². The number of nitrogens with zero attached hydrogens (tertiary/aromatic N) is 2. The van der Waals surface area contributed by atoms with Crippen LogP contribution in [0.4, 0.5) is 0 Å². The van der Waals surface area contributed by atoms with Crippen molar-refractivity contribution in [3.63, 3.8) is 0 Å². The Bertz CT molecular complexity index is 737. The summed E-state index contributed by atoms with van der Waals surface area (Å²) in [5.41, 5.74) is 0.709. The second-order valence-corrected chi connectivity index (χ2v) is 9.51. The molecule has 0 radical (unpaired) electrons. The molecule has 0 saturated carbocycles. The molecule has 5 nitrogen and oxygen atoms in total. The van der Waals surface area contributed by atoms with Gasteiger partial charge >= 0.3 is 0 Å². The van der Waals surface area contributed by atoms with E-state index in [0.717, 1.165) is 23.6 Å². The second-order valence-electron chi connectivity index (χ2n) is 5.80. The first-order chi connectivity index (χ1) is 11.7. The van der Waals surface area contributed by atoms with E-state index in [0.29, 0.717) is 24.2 Å². The van der Waals surface area contributed by atoms with Gasteiger partial charge in [0.15, 0.2) is 0 Å². The summed E-state index contributed by atoms with van der Waals surface area (Å²) >= 11 is 1.41. The molecular weight excluding hydrogens is 362 g/mol. The lowest BCUT2D eigenvalue weighted by atomic mass is 10.1. The zero-order valence-electron chi connectivity index (χ0n) is 13.4. The van der Waals surface area contributed by atoms with Gasteiger partial charge in [-0.1, -0.05) is 28.0 Å². The number of carbonyl (C=O) groups excluding carboxylic acids is 1. The van der Waals surface area contributed by atoms with Gasteiger partial charge in [-0.3, -0.25) is 14.2 Å². The molecule has 130 valence electrons. The maximum atomic E-state index is 12.2. The second kappa shape index (κ2) is 8.92. The van der Waals surface area contributed by atoms with Crippen molar-refractivity contribution in [3.8, 4) is 0 Å². The molecule has 2 aromatic heterocycles. The summed E-state index contributed by atoms with van der Waals surface area (Å²) in [6.45, 7) is 0.924. The third-order valence-electron chi connectivity index (χ3n) is 4.02. The fourth-order valence-corrected chi connectivity index (χ4v) is 6.48. The highest BCUT2D eigenvalue weighted by molar-refractivity contribution is 8.77. The van der Waals surface area contributed by atoms with Crippen LogP contribution in [-0.4, -0.2) is 33.0 Å². The predicted octanol–water partition coefficient (Wildman–Crippen LogP) is 3.29. The van der Waals surface area contributed by atoms with Gasteiger partial charge in [-0.25, -0.2) is 4.98 Å². The Morgan fingerprint density at radius 3 is 3.17 bits per heavy atom. The van der Waals surface area contributed by atoms with Crippen LogP contribution in [0.3, 0.4) is 0 Å². The standard InChI is InChI=1S/C16H21N3O2S3/c20-14(4-2-1-3-12-5-10-23-24-12)17-7-8-19-11-18-13-6-9-22-15(13)16(19)21/h6,9,11-12H,1-5,7-8,10H2,(H,17,20). The van der Waals surface area contributed by atoms with Crippen molar-refractivity contribution in [2.24, 2.45) is 0 Å². The molecule has 0 aliphatic carbocycles. The number of rotatable bonds is 8. The summed E-state index contributed by atoms with van der Waals surface area (Å²) in [5.74, 6) is 1.34. The Morgan fingerprint density at radius 1 is 1.42 bits per heavy atom. The number of carbonyl (C=O) groups is 1. The zero-order chi connectivity index (χ0) is 16.8. The van der Waals surface area contributed by atoms with Crippen LogP contribution in [0, 0.1) is 0 Å². The maximum absolute atomic E-state index is 12.2. The van der Waals surface area contributed by atoms with Crippen LogP contribution in [0.15, 0.2) is 22.6 Å². The Hall–Kier alpha value is -0.990. The van der Waals surface area contributed by atoms with Crippen LogP contribution < -0.4 is 10.9 Å². The summed E-state index contributed by atoms with van der Waals surface area (Å²) < 4.78 is 2.24. The molecule has 2 aromatic rings. The Morgan fingerprint density at radius 2 is 2.33 bits per heavy atom. The normalized spacial score (nSPS) is 17.4. The molecule has 1 unspecified atom stereocenters. The van der Waals surface area contributed by atoms with E-state index in [9.17, 15) is 9.59 Å². The fraction of sp³-hybridized carbons (Fsp3) is 0.562. The number of hydrogen-bond acceptors (Lipinski definition) is 6. The number of thiophene rings is 1. The minimum absolute atomic E-state index is 0.0313. The van der Waals surface area contributed by atoms with Gasteiger partial charge in [0.05, 0.1) is 11.8 Å². The Labute approximate surface area is 153 Å². The first kappa shape index (κ1) is 17.8. The van der Waals surface area contributed by atoms with Gasteiger partial charge in [0, 0.05) is 30.5 Å². The number of fused-ring (bicyclic) bond motifs is 1. The summed E-state index contributed by atoms with van der Waals surface area (Å²) in [5, 5.41) is 5.55. The van der Waals surface area contributed by atoms with Gasteiger partial charge in [0.1, 0.15) is 4.70 Å². The molecule has 0 spiro atoms. The van der Waals surface area contributed by atoms with Crippen molar-refractivity contribution in [3.05, 3.63) is 28.1 Å². The minimum atomic E-state index is -0.0313. The van der Waals surface area contributed by atoms with Crippen molar-refractivity contribution in [1.29, 1.82) is 0 Å². The summed E-state index contributed by atoms with van der Waals surface area (Å²) in [7, 11) is 3.96. The van der Waals surface area contributed by atoms with Crippen LogP contribution in [0.5, 0.6) is 0 Å². The molecule has 1 atom stereocenters. The molecule has 0 bridgehead atoms. The van der Waals surface area contributed by atoms with E-state index in [1.807, 2.05) is 33.0 Å². The third-order valence-corrected chi connectivity index (χ3v) is 7.92. The molecule has 24 heavy (non-hydrogen) atoms. The van der Waals surface area contributed by atoms with Gasteiger partial charge < -0.3 is 5.32 Å². The average molecular weight is 384 g/mol. The van der Waals surface area contributed by atoms with E-state index in [1.165, 1.54) is 29.9 Å². The van der Waals surface area contributed by atoms with Gasteiger partial charge in [-0.15, -0.1) is 11.3 Å². The lowest BCUT2D eigenvalue weighted by molar-refractivity contribution is -0.121. The molecule has 3 rings (SSSR count). The molecule has 1 saturated heterocycles. The number of hydrogen-bond donors (Lipinski definition) is 1. The van der Waals surface area contributed by atoms with Crippen molar-refractivity contribution in [1.82, 2.24) is 14.9 Å². The average Bonchev–Trinajstić information content (AvgIpc) is 3.25. The lowest BCUT2D eigenvalue weighted by Crippen LogP contribution is -2.30. The Kier molecular flexibility index (Phi) is 6.62. The van der Waals surface area contributed by atoms with Crippen molar-refractivity contribution in [2.45, 2.75) is 43.9 Å². The molecule has 1 amide bonds. The zero-order valence-corrected chi connectivity index (χ0v) is 15.9. The number of amides is 1. The molecule has 0 aromatic carbocycles. The SMILES string of the molecule is O=C(CCCCC1CCSS1)NCCn1cnc2ccsc2c1=O. The molecular formula is C16H21N3O2S3. The topological polar surface area (TPSA) is 64.0 Å².